The first-order chi connectivity index (χ1) is 17.2. The van der Waals surface area contributed by atoms with Gasteiger partial charge in [-0.15, -0.1) is 0 Å². The molecule has 2 fully saturated rings. The number of hydrogen-bond acceptors (Lipinski definition) is 6. The van der Waals surface area contributed by atoms with Crippen molar-refractivity contribution in [1.29, 1.82) is 0 Å². The van der Waals surface area contributed by atoms with Crippen molar-refractivity contribution in [1.82, 2.24) is 25.5 Å². The molecule has 0 unspecified atom stereocenters. The van der Waals surface area contributed by atoms with Gasteiger partial charge in [0.25, 0.3) is 5.91 Å². The molecule has 7 nitrogen and oxygen atoms in total. The van der Waals surface area contributed by atoms with Gasteiger partial charge in [-0.2, -0.15) is 0 Å². The zero-order valence-electron chi connectivity index (χ0n) is 20.4. The van der Waals surface area contributed by atoms with E-state index in [4.69, 9.17) is 4.98 Å². The lowest BCUT2D eigenvalue weighted by Gasteiger charge is -2.32. The van der Waals surface area contributed by atoms with E-state index in [1.165, 1.54) is 5.56 Å². The summed E-state index contributed by atoms with van der Waals surface area (Å²) in [7, 11) is 0. The summed E-state index contributed by atoms with van der Waals surface area (Å²) in [6.07, 6.45) is 7.54. The smallest absolute Gasteiger partial charge is 0.251 e. The number of pyridine rings is 2. The second kappa shape index (κ2) is 11.0. The first-order valence-electron chi connectivity index (χ1n) is 12.6. The minimum atomic E-state index is 0.00120. The molecule has 2 aromatic heterocycles. The number of aryl methyl sites for hydroxylation is 1. The lowest BCUT2D eigenvalue weighted by atomic mass is 9.98. The van der Waals surface area contributed by atoms with Crippen molar-refractivity contribution in [2.75, 3.05) is 44.2 Å². The Balaban J connectivity index is 1.12. The molecule has 2 aliphatic heterocycles. The Morgan fingerprint density at radius 2 is 1.89 bits per heavy atom. The molecule has 1 aromatic carbocycles. The molecule has 1 amide bonds. The predicted molar refractivity (Wildman–Crippen MR) is 139 cm³/mol. The fourth-order valence-corrected chi connectivity index (χ4v) is 4.95. The quantitative estimate of drug-likeness (QED) is 0.576. The fraction of sp³-hybridized carbons (Fsp3) is 0.393. The van der Waals surface area contributed by atoms with Crippen LogP contribution in [0.4, 0.5) is 5.82 Å². The minimum absolute atomic E-state index is 0.00120. The summed E-state index contributed by atoms with van der Waals surface area (Å²) >= 11 is 0. The van der Waals surface area contributed by atoms with Gasteiger partial charge < -0.3 is 15.5 Å². The maximum atomic E-state index is 13.0. The first kappa shape index (κ1) is 23.5. The number of hydrogen-bond donors (Lipinski definition) is 2. The van der Waals surface area contributed by atoms with Crippen molar-refractivity contribution in [2.45, 2.75) is 32.4 Å². The molecule has 0 radical (unpaired) electrons. The Labute approximate surface area is 207 Å². The Morgan fingerprint density at radius 3 is 2.60 bits per heavy atom. The van der Waals surface area contributed by atoms with Crippen LogP contribution in [-0.4, -0.2) is 66.1 Å². The normalized spacial score (nSPS) is 17.3. The van der Waals surface area contributed by atoms with Gasteiger partial charge in [0.15, 0.2) is 0 Å². The molecule has 4 heterocycles. The molecule has 2 aliphatic rings. The molecule has 2 saturated heterocycles. The number of carbonyl (C=O) groups is 1. The molecule has 35 heavy (non-hydrogen) atoms. The molecule has 0 atom stereocenters. The number of aromatic nitrogens is 2. The van der Waals surface area contributed by atoms with E-state index in [-0.39, 0.29) is 11.9 Å². The third-order valence-corrected chi connectivity index (χ3v) is 7.05. The standard InChI is InChI=1S/C28H34N6O/c1-21-4-6-23(17-26(21)24-3-2-10-30-19-24)28(35)32-25-8-13-33(14-9-25)20-22-5-7-27(31-18-22)34-15-11-29-12-16-34/h2-7,10,17-19,25,29H,8-9,11-16,20H2,1H3,(H,32,35). The average molecular weight is 471 g/mol. The third kappa shape index (κ3) is 5.86. The second-order valence-corrected chi connectivity index (χ2v) is 9.56. The maximum absolute atomic E-state index is 13.0. The van der Waals surface area contributed by atoms with Crippen molar-refractivity contribution in [3.63, 3.8) is 0 Å². The number of benzene rings is 1. The van der Waals surface area contributed by atoms with E-state index in [0.717, 1.165) is 81.2 Å². The van der Waals surface area contributed by atoms with Gasteiger partial charge in [-0.25, -0.2) is 4.98 Å². The summed E-state index contributed by atoms with van der Waals surface area (Å²) in [5.74, 6) is 1.07. The molecule has 7 heteroatoms. The number of nitrogens with zero attached hydrogens (tertiary/aromatic N) is 4. The number of nitrogens with one attached hydrogen (secondary N) is 2. The summed E-state index contributed by atoms with van der Waals surface area (Å²) in [6.45, 7) is 8.97. The van der Waals surface area contributed by atoms with Crippen LogP contribution in [0.3, 0.4) is 0 Å². The number of anilines is 1. The monoisotopic (exact) mass is 470 g/mol. The van der Waals surface area contributed by atoms with Gasteiger partial charge in [-0.1, -0.05) is 18.2 Å². The number of piperazine rings is 1. The Kier molecular flexibility index (Phi) is 7.35. The van der Waals surface area contributed by atoms with Gasteiger partial charge in [-0.3, -0.25) is 14.7 Å². The molecule has 0 spiro atoms. The predicted octanol–water partition coefficient (Wildman–Crippen LogP) is 3.26. The summed E-state index contributed by atoms with van der Waals surface area (Å²) in [4.78, 5) is 26.7. The van der Waals surface area contributed by atoms with E-state index in [2.05, 4.69) is 44.5 Å². The third-order valence-electron chi connectivity index (χ3n) is 7.05. The Hall–Kier alpha value is -3.29. The summed E-state index contributed by atoms with van der Waals surface area (Å²) in [5.41, 5.74) is 5.17. The Bertz CT molecular complexity index is 1120. The molecule has 0 aliphatic carbocycles. The van der Waals surface area contributed by atoms with Crippen LogP contribution in [0, 0.1) is 6.92 Å². The molecule has 5 rings (SSSR count). The number of rotatable bonds is 6. The van der Waals surface area contributed by atoms with E-state index >= 15 is 0 Å². The van der Waals surface area contributed by atoms with Crippen molar-refractivity contribution in [2.24, 2.45) is 0 Å². The van der Waals surface area contributed by atoms with Crippen LogP contribution in [0.25, 0.3) is 11.1 Å². The summed E-state index contributed by atoms with van der Waals surface area (Å²) in [5, 5.41) is 6.64. The largest absolute Gasteiger partial charge is 0.354 e. The molecular formula is C28H34N6O. The molecule has 182 valence electrons. The van der Waals surface area contributed by atoms with Gasteiger partial charge in [-0.05, 0) is 60.7 Å². The van der Waals surface area contributed by atoms with Crippen LogP contribution >= 0.6 is 0 Å². The summed E-state index contributed by atoms with van der Waals surface area (Å²) in [6, 6.07) is 14.4. The maximum Gasteiger partial charge on any atom is 0.251 e. The van der Waals surface area contributed by atoms with Crippen molar-refractivity contribution in [3.05, 3.63) is 77.7 Å². The van der Waals surface area contributed by atoms with Gasteiger partial charge in [0.05, 0.1) is 0 Å². The molecule has 3 aromatic rings. The summed E-state index contributed by atoms with van der Waals surface area (Å²) < 4.78 is 0. The van der Waals surface area contributed by atoms with E-state index in [1.54, 1.807) is 6.20 Å². The van der Waals surface area contributed by atoms with Gasteiger partial charge in [0, 0.05) is 81.6 Å². The van der Waals surface area contributed by atoms with Gasteiger partial charge >= 0.3 is 0 Å². The first-order valence-corrected chi connectivity index (χ1v) is 12.6. The van der Waals surface area contributed by atoms with E-state index in [9.17, 15) is 4.79 Å². The van der Waals surface area contributed by atoms with Crippen LogP contribution in [0.2, 0.25) is 0 Å². The van der Waals surface area contributed by atoms with Crippen LogP contribution in [-0.2, 0) is 6.54 Å². The van der Waals surface area contributed by atoms with Gasteiger partial charge in [0.1, 0.15) is 5.82 Å². The van der Waals surface area contributed by atoms with Crippen molar-refractivity contribution in [3.8, 4) is 11.1 Å². The lowest BCUT2D eigenvalue weighted by Crippen LogP contribution is -2.44. The number of likely N-dealkylation sites (tertiary alicyclic amines) is 1. The van der Waals surface area contributed by atoms with Crippen LogP contribution in [0.1, 0.15) is 34.3 Å². The molecule has 2 N–H and O–H groups in total. The van der Waals surface area contributed by atoms with Gasteiger partial charge in [0.2, 0.25) is 0 Å². The second-order valence-electron chi connectivity index (χ2n) is 9.56. The average Bonchev–Trinajstić information content (AvgIpc) is 2.91. The number of carbonyl (C=O) groups excluding carboxylic acids is 1. The van der Waals surface area contributed by atoms with Crippen LogP contribution in [0.5, 0.6) is 0 Å². The van der Waals surface area contributed by atoms with Crippen molar-refractivity contribution >= 4 is 11.7 Å². The van der Waals surface area contributed by atoms with E-state index in [1.807, 2.05) is 42.7 Å². The van der Waals surface area contributed by atoms with E-state index in [0.29, 0.717) is 5.56 Å². The van der Waals surface area contributed by atoms with Crippen LogP contribution < -0.4 is 15.5 Å². The topological polar surface area (TPSA) is 73.4 Å². The van der Waals surface area contributed by atoms with Crippen molar-refractivity contribution < 1.29 is 4.79 Å². The highest BCUT2D eigenvalue weighted by molar-refractivity contribution is 5.96. The molecule has 0 bridgehead atoms. The fourth-order valence-electron chi connectivity index (χ4n) is 4.95. The number of amides is 1. The zero-order valence-corrected chi connectivity index (χ0v) is 20.4. The highest BCUT2D eigenvalue weighted by atomic mass is 16.1. The lowest BCUT2D eigenvalue weighted by molar-refractivity contribution is 0.0909. The Morgan fingerprint density at radius 1 is 1.06 bits per heavy atom. The highest BCUT2D eigenvalue weighted by Gasteiger charge is 2.22. The zero-order chi connectivity index (χ0) is 24.0. The number of piperidine rings is 1. The SMILES string of the molecule is Cc1ccc(C(=O)NC2CCN(Cc3ccc(N4CCNCC4)nc3)CC2)cc1-c1cccnc1. The minimum Gasteiger partial charge on any atom is -0.354 e. The van der Waals surface area contributed by atoms with Crippen LogP contribution in [0.15, 0.2) is 61.1 Å². The van der Waals surface area contributed by atoms with E-state index < -0.39 is 0 Å². The highest BCUT2D eigenvalue weighted by Crippen LogP contribution is 2.24. The molecular weight excluding hydrogens is 436 g/mol. The molecule has 0 saturated carbocycles.